The number of aryl methyl sites for hydroxylation is 2. The van der Waals surface area contributed by atoms with E-state index < -0.39 is 29.3 Å². The standard InChI is InChI=1S/C23H19FN2O3S/c1-13-22(30-14(2)25-13)20(27)18-19(16-8-10-17(24)11-9-16)26(23(29)21(18)28)12-15-6-4-3-5-7-15/h3-11,19,28H,12H2,1-2H3. The number of carbonyl (C=O) groups excluding carboxylic acids is 2. The molecule has 1 aliphatic rings. The van der Waals surface area contributed by atoms with Crippen LogP contribution in [0.25, 0.3) is 0 Å². The van der Waals surface area contributed by atoms with Crippen molar-refractivity contribution < 1.29 is 19.1 Å². The van der Waals surface area contributed by atoms with Crippen LogP contribution in [0.1, 0.15) is 37.5 Å². The molecular weight excluding hydrogens is 403 g/mol. The fraction of sp³-hybridized carbons (Fsp3) is 0.174. The second-order valence-electron chi connectivity index (χ2n) is 7.11. The predicted octanol–water partition coefficient (Wildman–Crippen LogP) is 4.68. The number of Topliss-reactive ketones (excluding diaryl/α,β-unsaturated/α-hetero) is 1. The lowest BCUT2D eigenvalue weighted by molar-refractivity contribution is -0.130. The third-order valence-electron chi connectivity index (χ3n) is 5.04. The Morgan fingerprint density at radius 3 is 2.40 bits per heavy atom. The van der Waals surface area contributed by atoms with Crippen LogP contribution in [0.2, 0.25) is 0 Å². The second-order valence-corrected chi connectivity index (χ2v) is 8.31. The predicted molar refractivity (Wildman–Crippen MR) is 112 cm³/mol. The van der Waals surface area contributed by atoms with Crippen molar-refractivity contribution in [3.8, 4) is 0 Å². The van der Waals surface area contributed by atoms with Gasteiger partial charge in [0.2, 0.25) is 5.78 Å². The molecule has 0 spiro atoms. The molecular formula is C23H19FN2O3S. The Kier molecular flexibility index (Phi) is 5.22. The molecule has 2 aromatic carbocycles. The maximum Gasteiger partial charge on any atom is 0.290 e. The van der Waals surface area contributed by atoms with Crippen molar-refractivity contribution in [3.05, 3.63) is 98.5 Å². The molecule has 1 unspecified atom stereocenters. The van der Waals surface area contributed by atoms with Gasteiger partial charge in [0.05, 0.1) is 27.2 Å². The van der Waals surface area contributed by atoms with E-state index in [9.17, 15) is 19.1 Å². The van der Waals surface area contributed by atoms with Crippen LogP contribution < -0.4 is 0 Å². The summed E-state index contributed by atoms with van der Waals surface area (Å²) in [5, 5.41) is 11.4. The number of rotatable bonds is 5. The topological polar surface area (TPSA) is 70.5 Å². The summed E-state index contributed by atoms with van der Waals surface area (Å²) in [5.41, 5.74) is 1.94. The van der Waals surface area contributed by atoms with Gasteiger partial charge < -0.3 is 10.0 Å². The fourth-order valence-corrected chi connectivity index (χ4v) is 4.56. The highest BCUT2D eigenvalue weighted by Crippen LogP contribution is 2.41. The third kappa shape index (κ3) is 3.52. The fourth-order valence-electron chi connectivity index (χ4n) is 3.68. The van der Waals surface area contributed by atoms with Crippen LogP contribution in [-0.2, 0) is 11.3 Å². The van der Waals surface area contributed by atoms with Gasteiger partial charge in [0.25, 0.3) is 5.91 Å². The molecule has 1 N–H and O–H groups in total. The molecule has 1 atom stereocenters. The van der Waals surface area contributed by atoms with Gasteiger partial charge in [0.15, 0.2) is 5.76 Å². The first-order valence-electron chi connectivity index (χ1n) is 9.39. The molecule has 0 saturated heterocycles. The zero-order valence-electron chi connectivity index (χ0n) is 16.4. The van der Waals surface area contributed by atoms with Crippen LogP contribution in [0, 0.1) is 19.7 Å². The molecule has 0 radical (unpaired) electrons. The summed E-state index contributed by atoms with van der Waals surface area (Å²) in [6.07, 6.45) is 0. The Morgan fingerprint density at radius 2 is 1.80 bits per heavy atom. The average Bonchev–Trinajstić information content (AvgIpc) is 3.20. The van der Waals surface area contributed by atoms with Crippen LogP contribution in [0.4, 0.5) is 4.39 Å². The Hall–Kier alpha value is -3.32. The van der Waals surface area contributed by atoms with Gasteiger partial charge in [-0.1, -0.05) is 42.5 Å². The number of amides is 1. The SMILES string of the molecule is Cc1nc(C)c(C(=O)C2=C(O)C(=O)N(Cc3ccccc3)C2c2ccc(F)cc2)s1. The van der Waals surface area contributed by atoms with Crippen LogP contribution in [0.5, 0.6) is 0 Å². The molecule has 0 aliphatic carbocycles. The largest absolute Gasteiger partial charge is 0.503 e. The van der Waals surface area contributed by atoms with Crippen molar-refractivity contribution in [2.75, 3.05) is 0 Å². The van der Waals surface area contributed by atoms with Crippen LogP contribution >= 0.6 is 11.3 Å². The van der Waals surface area contributed by atoms with Crippen LogP contribution in [0.3, 0.4) is 0 Å². The minimum absolute atomic E-state index is 0.00529. The summed E-state index contributed by atoms with van der Waals surface area (Å²) in [5.74, 6) is -2.06. The first kappa shape index (κ1) is 20.0. The molecule has 4 rings (SSSR count). The summed E-state index contributed by atoms with van der Waals surface area (Å²) < 4.78 is 13.5. The lowest BCUT2D eigenvalue weighted by Gasteiger charge is -2.27. The molecule has 1 amide bonds. The van der Waals surface area contributed by atoms with Crippen molar-refractivity contribution in [2.45, 2.75) is 26.4 Å². The first-order valence-corrected chi connectivity index (χ1v) is 10.2. The van der Waals surface area contributed by atoms with E-state index in [0.29, 0.717) is 16.1 Å². The first-order chi connectivity index (χ1) is 14.4. The molecule has 3 aromatic rings. The Balaban J connectivity index is 1.81. The molecule has 1 aliphatic heterocycles. The Labute approximate surface area is 177 Å². The number of aliphatic hydroxyl groups is 1. The van der Waals surface area contributed by atoms with E-state index in [1.807, 2.05) is 30.3 Å². The number of nitrogens with zero attached hydrogens (tertiary/aromatic N) is 2. The van der Waals surface area contributed by atoms with Gasteiger partial charge in [-0.2, -0.15) is 0 Å². The number of ketones is 1. The average molecular weight is 422 g/mol. The van der Waals surface area contributed by atoms with Crippen molar-refractivity contribution in [1.29, 1.82) is 0 Å². The maximum atomic E-state index is 13.5. The number of halogens is 1. The number of aromatic nitrogens is 1. The quantitative estimate of drug-likeness (QED) is 0.606. The lowest BCUT2D eigenvalue weighted by atomic mass is 9.95. The zero-order chi connectivity index (χ0) is 21.4. The Morgan fingerprint density at radius 1 is 1.13 bits per heavy atom. The van der Waals surface area contributed by atoms with E-state index in [1.54, 1.807) is 13.8 Å². The van der Waals surface area contributed by atoms with E-state index in [1.165, 1.54) is 40.5 Å². The van der Waals surface area contributed by atoms with Gasteiger partial charge in [0, 0.05) is 6.54 Å². The number of aliphatic hydroxyl groups excluding tert-OH is 1. The molecule has 5 nitrogen and oxygen atoms in total. The van der Waals surface area contributed by atoms with Crippen molar-refractivity contribution >= 4 is 23.0 Å². The van der Waals surface area contributed by atoms with E-state index in [0.717, 1.165) is 10.6 Å². The molecule has 0 bridgehead atoms. The maximum absolute atomic E-state index is 13.5. The normalized spacial score (nSPS) is 16.4. The van der Waals surface area contributed by atoms with Crippen molar-refractivity contribution in [1.82, 2.24) is 9.88 Å². The Bertz CT molecular complexity index is 1150. The van der Waals surface area contributed by atoms with E-state index in [-0.39, 0.29) is 12.1 Å². The molecule has 0 saturated carbocycles. The van der Waals surface area contributed by atoms with E-state index >= 15 is 0 Å². The highest BCUT2D eigenvalue weighted by molar-refractivity contribution is 7.14. The molecule has 0 fully saturated rings. The highest BCUT2D eigenvalue weighted by atomic mass is 32.1. The highest BCUT2D eigenvalue weighted by Gasteiger charge is 2.44. The number of carbonyl (C=O) groups is 2. The summed E-state index contributed by atoms with van der Waals surface area (Å²) >= 11 is 1.22. The van der Waals surface area contributed by atoms with Crippen molar-refractivity contribution in [3.63, 3.8) is 0 Å². The van der Waals surface area contributed by atoms with Gasteiger partial charge in [0.1, 0.15) is 5.82 Å². The van der Waals surface area contributed by atoms with Gasteiger partial charge in [-0.05, 0) is 37.1 Å². The molecule has 7 heteroatoms. The lowest BCUT2D eigenvalue weighted by Crippen LogP contribution is -2.30. The minimum Gasteiger partial charge on any atom is -0.503 e. The summed E-state index contributed by atoms with van der Waals surface area (Å²) in [7, 11) is 0. The van der Waals surface area contributed by atoms with E-state index in [4.69, 9.17) is 0 Å². The van der Waals surface area contributed by atoms with Crippen molar-refractivity contribution in [2.24, 2.45) is 0 Å². The summed E-state index contributed by atoms with van der Waals surface area (Å²) in [6, 6.07) is 14.1. The monoisotopic (exact) mass is 422 g/mol. The number of benzene rings is 2. The summed E-state index contributed by atoms with van der Waals surface area (Å²) in [4.78, 5) is 32.5. The van der Waals surface area contributed by atoms with Gasteiger partial charge in [-0.25, -0.2) is 9.37 Å². The smallest absolute Gasteiger partial charge is 0.290 e. The number of thiazole rings is 1. The molecule has 2 heterocycles. The van der Waals surface area contributed by atoms with Gasteiger partial charge >= 0.3 is 0 Å². The van der Waals surface area contributed by atoms with Crippen LogP contribution in [-0.4, -0.2) is 26.7 Å². The zero-order valence-corrected chi connectivity index (χ0v) is 17.2. The number of hydrogen-bond donors (Lipinski definition) is 1. The van der Waals surface area contributed by atoms with Gasteiger partial charge in [-0.3, -0.25) is 9.59 Å². The molecule has 152 valence electrons. The van der Waals surface area contributed by atoms with Gasteiger partial charge in [-0.15, -0.1) is 11.3 Å². The number of hydrogen-bond acceptors (Lipinski definition) is 5. The summed E-state index contributed by atoms with van der Waals surface area (Å²) in [6.45, 7) is 3.71. The van der Waals surface area contributed by atoms with Crippen LogP contribution in [0.15, 0.2) is 65.9 Å². The second kappa shape index (κ2) is 7.84. The minimum atomic E-state index is -0.826. The van der Waals surface area contributed by atoms with E-state index in [2.05, 4.69) is 4.98 Å². The third-order valence-corrected chi connectivity index (χ3v) is 6.11. The molecule has 1 aromatic heterocycles. The molecule has 30 heavy (non-hydrogen) atoms.